The number of nitrogens with one attached hydrogen (secondary N) is 1. The maximum atomic E-state index is 12.8. The average molecular weight is 371 g/mol. The minimum Gasteiger partial charge on any atom is -0.490 e. The third-order valence-corrected chi connectivity index (χ3v) is 4.93. The first-order valence-electron chi connectivity index (χ1n) is 9.10. The molecule has 0 spiro atoms. The van der Waals surface area contributed by atoms with Crippen LogP contribution in [0.1, 0.15) is 30.9 Å². The lowest BCUT2D eigenvalue weighted by Crippen LogP contribution is -2.38. The third kappa shape index (κ3) is 3.60. The zero-order chi connectivity index (χ0) is 18.8. The predicted octanol–water partition coefficient (Wildman–Crippen LogP) is 1.06. The van der Waals surface area contributed by atoms with Crippen LogP contribution in [0.4, 0.5) is 0 Å². The lowest BCUT2D eigenvalue weighted by molar-refractivity contribution is -0.132. The lowest BCUT2D eigenvalue weighted by Gasteiger charge is -2.26. The number of ether oxygens (including phenoxy) is 2. The van der Waals surface area contributed by atoms with Crippen LogP contribution in [0.5, 0.6) is 11.5 Å². The summed E-state index contributed by atoms with van der Waals surface area (Å²) in [7, 11) is 0. The number of aromatic nitrogens is 2. The summed E-state index contributed by atoms with van der Waals surface area (Å²) in [5.74, 6) is 1.28. The van der Waals surface area contributed by atoms with Gasteiger partial charge in [-0.25, -0.2) is 4.79 Å². The van der Waals surface area contributed by atoms with E-state index in [-0.39, 0.29) is 18.5 Å². The van der Waals surface area contributed by atoms with E-state index in [2.05, 4.69) is 4.98 Å². The second kappa shape index (κ2) is 7.30. The molecule has 1 aromatic heterocycles. The standard InChI is InChI=1S/C19H21N3O5/c23-17-6-8-21(19(25)20-17)12-18(24)22-7-1-3-14(22)13-4-5-15-16(11-13)27-10-2-9-26-15/h4-6,8,11,14H,1-3,7,9-10,12H2,(H,20,23,25)/t14-/m0/s1. The smallest absolute Gasteiger partial charge is 0.328 e. The summed E-state index contributed by atoms with van der Waals surface area (Å²) in [6.45, 7) is 1.78. The molecule has 1 aromatic carbocycles. The number of amides is 1. The van der Waals surface area contributed by atoms with Crippen molar-refractivity contribution in [1.82, 2.24) is 14.5 Å². The monoisotopic (exact) mass is 371 g/mol. The summed E-state index contributed by atoms with van der Waals surface area (Å²) in [4.78, 5) is 39.8. The maximum absolute atomic E-state index is 12.8. The van der Waals surface area contributed by atoms with Crippen molar-refractivity contribution in [2.75, 3.05) is 19.8 Å². The van der Waals surface area contributed by atoms with Crippen molar-refractivity contribution in [1.29, 1.82) is 0 Å². The van der Waals surface area contributed by atoms with E-state index in [9.17, 15) is 14.4 Å². The van der Waals surface area contributed by atoms with Crippen LogP contribution in [-0.2, 0) is 11.3 Å². The number of likely N-dealkylation sites (tertiary alicyclic amines) is 1. The van der Waals surface area contributed by atoms with Crippen molar-refractivity contribution in [3.8, 4) is 11.5 Å². The fraction of sp³-hybridized carbons (Fsp3) is 0.421. The molecule has 27 heavy (non-hydrogen) atoms. The SMILES string of the molecule is O=C(Cn1ccc(=O)[nH]c1=O)N1CCC[C@H]1c1ccc2c(c1)OCCCO2. The number of nitrogens with zero attached hydrogens (tertiary/aromatic N) is 2. The number of aromatic amines is 1. The number of benzene rings is 1. The molecular weight excluding hydrogens is 350 g/mol. The number of rotatable bonds is 3. The van der Waals surface area contributed by atoms with E-state index in [0.29, 0.717) is 25.5 Å². The van der Waals surface area contributed by atoms with Gasteiger partial charge in [0.05, 0.1) is 19.3 Å². The highest BCUT2D eigenvalue weighted by molar-refractivity contribution is 5.77. The van der Waals surface area contributed by atoms with Crippen LogP contribution in [-0.4, -0.2) is 40.1 Å². The van der Waals surface area contributed by atoms with Gasteiger partial charge in [-0.3, -0.25) is 19.1 Å². The first-order chi connectivity index (χ1) is 13.1. The van der Waals surface area contributed by atoms with Gasteiger partial charge in [0.2, 0.25) is 5.91 Å². The van der Waals surface area contributed by atoms with Crippen molar-refractivity contribution < 1.29 is 14.3 Å². The highest BCUT2D eigenvalue weighted by atomic mass is 16.5. The van der Waals surface area contributed by atoms with Crippen LogP contribution in [0.15, 0.2) is 40.1 Å². The number of H-pyrrole nitrogens is 1. The van der Waals surface area contributed by atoms with E-state index in [1.54, 1.807) is 4.90 Å². The molecule has 1 saturated heterocycles. The normalized spacial score (nSPS) is 19.0. The molecule has 8 heteroatoms. The Balaban J connectivity index is 1.55. The van der Waals surface area contributed by atoms with Crippen LogP contribution in [0, 0.1) is 0 Å². The molecule has 1 atom stereocenters. The molecule has 3 heterocycles. The maximum Gasteiger partial charge on any atom is 0.328 e. The van der Waals surface area contributed by atoms with Gasteiger partial charge in [0.1, 0.15) is 6.54 Å². The van der Waals surface area contributed by atoms with Gasteiger partial charge in [0, 0.05) is 25.2 Å². The second-order valence-electron chi connectivity index (χ2n) is 6.74. The van der Waals surface area contributed by atoms with Crippen molar-refractivity contribution in [3.63, 3.8) is 0 Å². The van der Waals surface area contributed by atoms with E-state index >= 15 is 0 Å². The molecule has 0 saturated carbocycles. The van der Waals surface area contributed by atoms with E-state index in [1.807, 2.05) is 18.2 Å². The van der Waals surface area contributed by atoms with E-state index in [0.717, 1.165) is 30.6 Å². The number of fused-ring (bicyclic) bond motifs is 1. The number of carbonyl (C=O) groups excluding carboxylic acids is 1. The Morgan fingerprint density at radius 2 is 1.93 bits per heavy atom. The quantitative estimate of drug-likeness (QED) is 0.871. The largest absolute Gasteiger partial charge is 0.490 e. The Hall–Kier alpha value is -3.03. The molecule has 2 aromatic rings. The van der Waals surface area contributed by atoms with Crippen molar-refractivity contribution in [3.05, 3.63) is 56.9 Å². The van der Waals surface area contributed by atoms with Crippen LogP contribution < -0.4 is 20.7 Å². The topological polar surface area (TPSA) is 93.6 Å². The molecule has 2 aliphatic rings. The Morgan fingerprint density at radius 3 is 2.74 bits per heavy atom. The van der Waals surface area contributed by atoms with Gasteiger partial charge in [-0.2, -0.15) is 0 Å². The Kier molecular flexibility index (Phi) is 4.70. The fourth-order valence-electron chi connectivity index (χ4n) is 3.60. The zero-order valence-electron chi connectivity index (χ0n) is 14.8. The summed E-state index contributed by atoms with van der Waals surface area (Å²) in [6, 6.07) is 6.98. The van der Waals surface area contributed by atoms with E-state index in [1.165, 1.54) is 16.8 Å². The minimum atomic E-state index is -0.581. The number of carbonyl (C=O) groups is 1. The van der Waals surface area contributed by atoms with Gasteiger partial charge >= 0.3 is 5.69 Å². The first kappa shape index (κ1) is 17.4. The van der Waals surface area contributed by atoms with Gasteiger partial charge in [-0.1, -0.05) is 6.07 Å². The van der Waals surface area contributed by atoms with Crippen LogP contribution in [0.2, 0.25) is 0 Å². The fourth-order valence-corrected chi connectivity index (χ4v) is 3.60. The molecule has 4 rings (SSSR count). The Labute approximate surface area is 155 Å². The molecule has 142 valence electrons. The van der Waals surface area contributed by atoms with Crippen molar-refractivity contribution in [2.24, 2.45) is 0 Å². The molecule has 1 N–H and O–H groups in total. The highest BCUT2D eigenvalue weighted by Gasteiger charge is 2.31. The van der Waals surface area contributed by atoms with Gasteiger partial charge in [0.25, 0.3) is 5.56 Å². The zero-order valence-corrected chi connectivity index (χ0v) is 14.8. The van der Waals surface area contributed by atoms with E-state index in [4.69, 9.17) is 9.47 Å². The molecule has 0 radical (unpaired) electrons. The Morgan fingerprint density at radius 1 is 1.11 bits per heavy atom. The van der Waals surface area contributed by atoms with Gasteiger partial charge in [-0.05, 0) is 30.5 Å². The van der Waals surface area contributed by atoms with Gasteiger partial charge in [0.15, 0.2) is 11.5 Å². The van der Waals surface area contributed by atoms with Gasteiger partial charge in [-0.15, -0.1) is 0 Å². The lowest BCUT2D eigenvalue weighted by atomic mass is 10.0. The van der Waals surface area contributed by atoms with Crippen molar-refractivity contribution in [2.45, 2.75) is 31.8 Å². The summed E-state index contributed by atoms with van der Waals surface area (Å²) in [5.41, 5.74) is -0.0592. The van der Waals surface area contributed by atoms with Gasteiger partial charge < -0.3 is 14.4 Å². The molecule has 2 aliphatic heterocycles. The Bertz CT molecular complexity index is 964. The second-order valence-corrected chi connectivity index (χ2v) is 6.74. The molecule has 1 fully saturated rings. The molecule has 0 unspecified atom stereocenters. The van der Waals surface area contributed by atoms with Crippen LogP contribution in [0.3, 0.4) is 0 Å². The van der Waals surface area contributed by atoms with Crippen LogP contribution >= 0.6 is 0 Å². The minimum absolute atomic E-state index is 0.0619. The average Bonchev–Trinajstić information content (AvgIpc) is 3.03. The highest BCUT2D eigenvalue weighted by Crippen LogP contribution is 2.37. The summed E-state index contributed by atoms with van der Waals surface area (Å²) in [6.07, 6.45) is 3.93. The number of hydrogen-bond donors (Lipinski definition) is 1. The predicted molar refractivity (Wildman–Crippen MR) is 97.1 cm³/mol. The third-order valence-electron chi connectivity index (χ3n) is 4.93. The molecule has 0 bridgehead atoms. The summed E-state index contributed by atoms with van der Waals surface area (Å²) in [5, 5.41) is 0. The molecular formula is C19H21N3O5. The summed E-state index contributed by atoms with van der Waals surface area (Å²) < 4.78 is 12.6. The molecule has 1 amide bonds. The van der Waals surface area contributed by atoms with Crippen LogP contribution in [0.25, 0.3) is 0 Å². The molecule has 8 nitrogen and oxygen atoms in total. The summed E-state index contributed by atoms with van der Waals surface area (Å²) >= 11 is 0. The molecule has 0 aliphatic carbocycles. The number of hydrogen-bond acceptors (Lipinski definition) is 5. The van der Waals surface area contributed by atoms with E-state index < -0.39 is 11.2 Å². The van der Waals surface area contributed by atoms with Crippen molar-refractivity contribution >= 4 is 5.91 Å². The first-order valence-corrected chi connectivity index (χ1v) is 9.10.